The van der Waals surface area contributed by atoms with Gasteiger partial charge in [0.05, 0.1) is 29.1 Å². The Bertz CT molecular complexity index is 1930. The Morgan fingerprint density at radius 2 is 1.49 bits per heavy atom. The average molecular weight is 611 g/mol. The molecule has 8 bridgehead atoms. The van der Waals surface area contributed by atoms with E-state index in [1.54, 1.807) is 6.92 Å². The summed E-state index contributed by atoms with van der Waals surface area (Å²) in [4.78, 5) is 31.5. The van der Waals surface area contributed by atoms with Crippen LogP contribution in [0, 0.1) is 13.8 Å². The van der Waals surface area contributed by atoms with Gasteiger partial charge in [-0.1, -0.05) is 34.6 Å². The van der Waals surface area contributed by atoms with Crippen molar-refractivity contribution in [2.45, 2.75) is 111 Å². The van der Waals surface area contributed by atoms with Crippen LogP contribution in [0.2, 0.25) is 0 Å². The number of aromatic nitrogens is 4. The second-order valence-electron chi connectivity index (χ2n) is 12.8. The standard InChI is InChI=1S/C37H46N4O4/c1-10-22-18(6)26-16-30-24(12-3)20(8)32(40-30)31-33-36(13-4,37(44,34(31)42)35(43)45-14-5)21(9)27(41-33)17-29-23(11-2)19(7)25(39-29)15-28(22)38-26/h15-17,21,34,38-39,42,44H,10-14H2,1-9H3. The molecule has 4 atom stereocenters. The molecule has 0 fully saturated rings. The van der Waals surface area contributed by atoms with Gasteiger partial charge in [0.25, 0.3) is 0 Å². The van der Waals surface area contributed by atoms with Gasteiger partial charge in [-0.05, 0) is 105 Å². The molecular weight excluding hydrogens is 564 g/mol. The zero-order valence-corrected chi connectivity index (χ0v) is 28.0. The number of hydrogen-bond donors (Lipinski definition) is 4. The number of aromatic amines is 2. The quantitative estimate of drug-likeness (QED) is 0.219. The molecule has 0 saturated carbocycles. The van der Waals surface area contributed by atoms with Gasteiger partial charge in [0.15, 0.2) is 0 Å². The summed E-state index contributed by atoms with van der Waals surface area (Å²) in [6.07, 6.45) is 1.24. The summed E-state index contributed by atoms with van der Waals surface area (Å²) in [5.41, 5.74) is 10.4. The minimum atomic E-state index is -2.24. The smallest absolute Gasteiger partial charge is 0.342 e. The third kappa shape index (κ3) is 4.01. The van der Waals surface area contributed by atoms with E-state index in [1.807, 2.05) is 20.8 Å². The maximum Gasteiger partial charge on any atom is 0.342 e. The fourth-order valence-electron chi connectivity index (χ4n) is 8.52. The summed E-state index contributed by atoms with van der Waals surface area (Å²) in [6.45, 7) is 18.4. The van der Waals surface area contributed by atoms with E-state index in [0.717, 1.165) is 63.9 Å². The fraction of sp³-hybridized carbons (Fsp3) is 0.486. The maximum absolute atomic E-state index is 13.8. The molecule has 5 heterocycles. The van der Waals surface area contributed by atoms with E-state index in [-0.39, 0.29) is 6.61 Å². The average Bonchev–Trinajstić information content (AvgIpc) is 3.72. The minimum absolute atomic E-state index is 0.0808. The highest BCUT2D eigenvalue weighted by atomic mass is 16.6. The summed E-state index contributed by atoms with van der Waals surface area (Å²) in [5.74, 6) is -1.23. The zero-order valence-electron chi connectivity index (χ0n) is 28.0. The number of aliphatic hydroxyl groups excluding tert-OH is 1. The van der Waals surface area contributed by atoms with Crippen LogP contribution in [-0.2, 0) is 27.8 Å². The molecule has 8 nitrogen and oxygen atoms in total. The van der Waals surface area contributed by atoms with Crippen LogP contribution in [-0.4, -0.2) is 48.3 Å². The van der Waals surface area contributed by atoms with E-state index in [9.17, 15) is 15.0 Å². The molecule has 3 aromatic heterocycles. The third-order valence-corrected chi connectivity index (χ3v) is 11.0. The van der Waals surface area contributed by atoms with Gasteiger partial charge in [-0.15, -0.1) is 0 Å². The fourth-order valence-corrected chi connectivity index (χ4v) is 8.52. The Morgan fingerprint density at radius 1 is 0.889 bits per heavy atom. The SMILES string of the molecule is CCOC(=O)C1(O)C(O)c2c3nc(cc4[nH]c(cc5[nH]c(cc6nc2C1(CC)C6C)c(CC)c5C)c(CC)c4C)C(CC)=C3C. The van der Waals surface area contributed by atoms with E-state index in [1.165, 1.54) is 22.3 Å². The Kier molecular flexibility index (Phi) is 7.60. The Balaban J connectivity index is 1.87. The number of aryl methyl sites for hydroxylation is 4. The molecule has 4 N–H and O–H groups in total. The third-order valence-electron chi connectivity index (χ3n) is 11.0. The van der Waals surface area contributed by atoms with Crippen LogP contribution in [0.1, 0.15) is 124 Å². The number of fused-ring (bicyclic) bond motifs is 8. The molecule has 0 saturated heterocycles. The van der Waals surface area contributed by atoms with Crippen LogP contribution in [0.4, 0.5) is 0 Å². The lowest BCUT2D eigenvalue weighted by Crippen LogP contribution is -2.58. The molecule has 0 radical (unpaired) electrons. The van der Waals surface area contributed by atoms with Crippen molar-refractivity contribution in [3.63, 3.8) is 0 Å². The first kappa shape index (κ1) is 31.2. The van der Waals surface area contributed by atoms with Crippen molar-refractivity contribution in [1.82, 2.24) is 19.9 Å². The van der Waals surface area contributed by atoms with Gasteiger partial charge >= 0.3 is 5.97 Å². The topological polar surface area (TPSA) is 124 Å². The number of allylic oxidation sites excluding steroid dienone is 2. The molecule has 6 rings (SSSR count). The molecule has 3 aliphatic rings. The molecular formula is C37H46N4O4. The highest BCUT2D eigenvalue weighted by Gasteiger charge is 2.72. The van der Waals surface area contributed by atoms with E-state index in [2.05, 4.69) is 62.8 Å². The lowest BCUT2D eigenvalue weighted by molar-refractivity contribution is -0.191. The number of aliphatic hydroxyl groups is 2. The lowest BCUT2D eigenvalue weighted by atomic mass is 9.63. The van der Waals surface area contributed by atoms with Crippen LogP contribution < -0.4 is 0 Å². The van der Waals surface area contributed by atoms with Crippen molar-refractivity contribution >= 4 is 39.2 Å². The predicted octanol–water partition coefficient (Wildman–Crippen LogP) is 7.19. The van der Waals surface area contributed by atoms with E-state index in [4.69, 9.17) is 14.7 Å². The first-order chi connectivity index (χ1) is 21.4. The number of carbonyl (C=O) groups is 1. The monoisotopic (exact) mass is 610 g/mol. The van der Waals surface area contributed by atoms with Crippen molar-refractivity contribution in [3.8, 4) is 0 Å². The minimum Gasteiger partial charge on any atom is -0.464 e. The van der Waals surface area contributed by atoms with Gasteiger partial charge in [-0.25, -0.2) is 9.78 Å². The summed E-state index contributed by atoms with van der Waals surface area (Å²) >= 11 is 0. The number of nitrogens with one attached hydrogen (secondary N) is 2. The lowest BCUT2D eigenvalue weighted by Gasteiger charge is -2.42. The molecule has 45 heavy (non-hydrogen) atoms. The van der Waals surface area contributed by atoms with Crippen LogP contribution in [0.25, 0.3) is 33.2 Å². The van der Waals surface area contributed by atoms with Crippen molar-refractivity contribution in [2.24, 2.45) is 0 Å². The van der Waals surface area contributed by atoms with Gasteiger partial charge in [-0.2, -0.15) is 0 Å². The molecule has 0 aromatic carbocycles. The van der Waals surface area contributed by atoms with Gasteiger partial charge in [-0.3, -0.25) is 4.98 Å². The molecule has 238 valence electrons. The van der Waals surface area contributed by atoms with E-state index in [0.29, 0.717) is 23.4 Å². The van der Waals surface area contributed by atoms with Crippen LogP contribution in [0.3, 0.4) is 0 Å². The normalized spacial score (nSPS) is 24.1. The number of hydrogen-bond acceptors (Lipinski definition) is 6. The second-order valence-corrected chi connectivity index (χ2v) is 12.8. The second kappa shape index (κ2) is 11.0. The zero-order chi connectivity index (χ0) is 32.6. The summed E-state index contributed by atoms with van der Waals surface area (Å²) in [6, 6.07) is 6.36. The van der Waals surface area contributed by atoms with Gasteiger partial charge in [0.2, 0.25) is 5.60 Å². The van der Waals surface area contributed by atoms with E-state index >= 15 is 0 Å². The van der Waals surface area contributed by atoms with Gasteiger partial charge in [0, 0.05) is 39.2 Å². The molecule has 0 amide bonds. The summed E-state index contributed by atoms with van der Waals surface area (Å²) in [5, 5.41) is 24.6. The highest BCUT2D eigenvalue weighted by molar-refractivity contribution is 5.95. The summed E-state index contributed by atoms with van der Waals surface area (Å²) in [7, 11) is 0. The first-order valence-corrected chi connectivity index (χ1v) is 16.5. The number of carbonyl (C=O) groups excluding carboxylic acids is 1. The largest absolute Gasteiger partial charge is 0.464 e. The summed E-state index contributed by atoms with van der Waals surface area (Å²) < 4.78 is 5.49. The molecule has 0 spiro atoms. The van der Waals surface area contributed by atoms with Crippen molar-refractivity contribution in [2.75, 3.05) is 6.61 Å². The highest BCUT2D eigenvalue weighted by Crippen LogP contribution is 2.63. The number of H-pyrrole nitrogens is 2. The van der Waals surface area contributed by atoms with Crippen molar-refractivity contribution < 1.29 is 19.7 Å². The van der Waals surface area contributed by atoms with Crippen molar-refractivity contribution in [1.29, 1.82) is 0 Å². The predicted molar refractivity (Wildman–Crippen MR) is 179 cm³/mol. The molecule has 4 unspecified atom stereocenters. The van der Waals surface area contributed by atoms with Crippen LogP contribution in [0.15, 0.2) is 18.2 Å². The maximum atomic E-state index is 13.8. The number of rotatable bonds is 6. The number of nitrogens with zero attached hydrogens (tertiary/aromatic N) is 2. The molecule has 2 aliphatic heterocycles. The molecule has 3 aromatic rings. The van der Waals surface area contributed by atoms with E-state index < -0.39 is 29.0 Å². The molecule has 8 heteroatoms. The van der Waals surface area contributed by atoms with Crippen LogP contribution in [0.5, 0.6) is 0 Å². The van der Waals surface area contributed by atoms with Crippen molar-refractivity contribution in [3.05, 3.63) is 68.8 Å². The first-order valence-electron chi connectivity index (χ1n) is 16.5. The Hall–Kier alpha value is -3.75. The van der Waals surface area contributed by atoms with Gasteiger partial charge < -0.3 is 24.9 Å². The molecule has 1 aliphatic carbocycles. The van der Waals surface area contributed by atoms with Crippen LogP contribution >= 0.6 is 0 Å². The number of esters is 1. The van der Waals surface area contributed by atoms with Gasteiger partial charge in [0.1, 0.15) is 6.10 Å². The Morgan fingerprint density at radius 3 is 2.04 bits per heavy atom. The Labute approximate surface area is 265 Å². The number of ether oxygens (including phenoxy) is 1.